The van der Waals surface area contributed by atoms with Crippen molar-refractivity contribution in [3.8, 4) is 0 Å². The van der Waals surface area contributed by atoms with Crippen LogP contribution in [-0.2, 0) is 0 Å². The topological polar surface area (TPSA) is 53.4 Å². The minimum atomic E-state index is -0.0216. The first-order valence-corrected chi connectivity index (χ1v) is 7.10. The molecule has 1 aliphatic heterocycles. The van der Waals surface area contributed by atoms with Crippen molar-refractivity contribution in [3.05, 3.63) is 46.5 Å². The van der Waals surface area contributed by atoms with Gasteiger partial charge in [0, 0.05) is 30.3 Å². The Morgan fingerprint density at radius 1 is 1.45 bits per heavy atom. The van der Waals surface area contributed by atoms with E-state index in [1.165, 1.54) is 4.52 Å². The second kappa shape index (κ2) is 5.25. The normalized spacial score (nSPS) is 17.6. The van der Waals surface area contributed by atoms with Crippen molar-refractivity contribution in [2.75, 3.05) is 19.6 Å². The fourth-order valence-electron chi connectivity index (χ4n) is 2.93. The second-order valence-electron chi connectivity index (χ2n) is 5.52. The molecule has 0 bridgehead atoms. The number of likely N-dealkylation sites (tertiary alicyclic amines) is 1. The molecule has 1 N–H and O–H groups in total. The predicted octanol–water partition coefficient (Wildman–Crippen LogP) is 1.70. The number of hydrogen-bond donors (Lipinski definition) is 1. The highest BCUT2D eigenvalue weighted by Gasteiger charge is 2.22. The van der Waals surface area contributed by atoms with Crippen LogP contribution in [0.25, 0.3) is 5.65 Å². The Labute approximate surface area is 117 Å². The highest BCUT2D eigenvalue weighted by molar-refractivity contribution is 5.39. The van der Waals surface area contributed by atoms with Crippen LogP contribution in [0.3, 0.4) is 0 Å². The number of aryl methyl sites for hydroxylation is 1. The summed E-state index contributed by atoms with van der Waals surface area (Å²) in [5.41, 5.74) is 2.59. The summed E-state index contributed by atoms with van der Waals surface area (Å²) in [5, 5.41) is 3.00. The maximum atomic E-state index is 12.1. The number of fused-ring (bicyclic) bond motifs is 1. The minimum absolute atomic E-state index is 0.0216. The highest BCUT2D eigenvalue weighted by atomic mass is 16.1. The van der Waals surface area contributed by atoms with Gasteiger partial charge >= 0.3 is 0 Å². The number of rotatable bonds is 3. The monoisotopic (exact) mass is 272 g/mol. The highest BCUT2D eigenvalue weighted by Crippen LogP contribution is 2.26. The summed E-state index contributed by atoms with van der Waals surface area (Å²) in [5.74, 6) is 0.393. The Kier molecular flexibility index (Phi) is 3.44. The molecule has 2 aromatic rings. The van der Waals surface area contributed by atoms with Crippen LogP contribution in [0.1, 0.15) is 30.1 Å². The van der Waals surface area contributed by atoms with Gasteiger partial charge in [0.05, 0.1) is 5.69 Å². The lowest BCUT2D eigenvalue weighted by Gasteiger charge is -2.30. The van der Waals surface area contributed by atoms with Gasteiger partial charge in [-0.2, -0.15) is 0 Å². The van der Waals surface area contributed by atoms with Crippen LogP contribution in [0.4, 0.5) is 0 Å². The lowest BCUT2D eigenvalue weighted by atomic mass is 9.93. The third-order valence-electron chi connectivity index (χ3n) is 3.99. The lowest BCUT2D eigenvalue weighted by Crippen LogP contribution is -2.33. The van der Waals surface area contributed by atoms with E-state index in [9.17, 15) is 4.79 Å². The summed E-state index contributed by atoms with van der Waals surface area (Å²) in [7, 11) is 0. The number of piperidine rings is 1. The van der Waals surface area contributed by atoms with Crippen molar-refractivity contribution in [2.24, 2.45) is 0 Å². The zero-order valence-electron chi connectivity index (χ0n) is 11.8. The number of aromatic nitrogens is 3. The van der Waals surface area contributed by atoms with E-state index >= 15 is 0 Å². The molecule has 5 nitrogen and oxygen atoms in total. The van der Waals surface area contributed by atoms with E-state index in [-0.39, 0.29) is 5.56 Å². The maximum absolute atomic E-state index is 12.1. The zero-order valence-corrected chi connectivity index (χ0v) is 11.8. The predicted molar refractivity (Wildman–Crippen MR) is 79.2 cm³/mol. The Morgan fingerprint density at radius 2 is 2.20 bits per heavy atom. The summed E-state index contributed by atoms with van der Waals surface area (Å²) in [6, 6.07) is 3.59. The fraction of sp³-hybridized carbons (Fsp3) is 0.467. The van der Waals surface area contributed by atoms with Gasteiger partial charge in [-0.15, -0.1) is 6.58 Å². The molecule has 106 valence electrons. The van der Waals surface area contributed by atoms with E-state index in [0.29, 0.717) is 5.92 Å². The van der Waals surface area contributed by atoms with Crippen molar-refractivity contribution in [3.63, 3.8) is 0 Å². The van der Waals surface area contributed by atoms with Crippen molar-refractivity contribution >= 4 is 5.65 Å². The molecule has 3 rings (SSSR count). The van der Waals surface area contributed by atoms with Crippen molar-refractivity contribution in [1.29, 1.82) is 0 Å². The minimum Gasteiger partial charge on any atom is -0.300 e. The van der Waals surface area contributed by atoms with Gasteiger partial charge in [-0.05, 0) is 32.9 Å². The Balaban J connectivity index is 1.84. The van der Waals surface area contributed by atoms with Crippen LogP contribution in [-0.4, -0.2) is 39.1 Å². The Hall–Kier alpha value is -1.88. The number of H-pyrrole nitrogens is 1. The molecule has 0 saturated carbocycles. The third-order valence-corrected chi connectivity index (χ3v) is 3.99. The molecule has 0 radical (unpaired) electrons. The molecule has 0 amide bonds. The maximum Gasteiger partial charge on any atom is 0.272 e. The molecule has 0 spiro atoms. The van der Waals surface area contributed by atoms with Gasteiger partial charge in [0.2, 0.25) is 0 Å². The van der Waals surface area contributed by atoms with Gasteiger partial charge in [0.15, 0.2) is 5.65 Å². The van der Waals surface area contributed by atoms with Gasteiger partial charge in [0.25, 0.3) is 5.56 Å². The van der Waals surface area contributed by atoms with Gasteiger partial charge in [-0.3, -0.25) is 14.8 Å². The molecule has 0 aromatic carbocycles. The molecule has 20 heavy (non-hydrogen) atoms. The molecular formula is C15H20N4O. The molecule has 0 atom stereocenters. The summed E-state index contributed by atoms with van der Waals surface area (Å²) in [4.78, 5) is 19.1. The molecule has 2 aromatic heterocycles. The standard InChI is InChI=1S/C15H20N4O/c1-3-6-18-7-4-12(5-8-18)13-10-15(20)19-14(16-13)9-11(2)17-19/h3,9-10,12,17H,1,4-8H2,2H3. The van der Waals surface area contributed by atoms with Crippen LogP contribution in [0.2, 0.25) is 0 Å². The lowest BCUT2D eigenvalue weighted by molar-refractivity contribution is 0.231. The number of nitrogens with one attached hydrogen (secondary N) is 1. The number of hydrogen-bond acceptors (Lipinski definition) is 3. The summed E-state index contributed by atoms with van der Waals surface area (Å²) in [6.45, 7) is 8.74. The third kappa shape index (κ3) is 2.41. The fourth-order valence-corrected chi connectivity index (χ4v) is 2.93. The smallest absolute Gasteiger partial charge is 0.272 e. The number of aromatic amines is 1. The van der Waals surface area contributed by atoms with Crippen LogP contribution >= 0.6 is 0 Å². The molecule has 3 heterocycles. The van der Waals surface area contributed by atoms with Crippen LogP contribution in [0.15, 0.2) is 29.6 Å². The molecule has 1 fully saturated rings. The molecular weight excluding hydrogens is 252 g/mol. The van der Waals surface area contributed by atoms with Gasteiger partial charge < -0.3 is 0 Å². The largest absolute Gasteiger partial charge is 0.300 e. The van der Waals surface area contributed by atoms with Crippen LogP contribution < -0.4 is 5.56 Å². The van der Waals surface area contributed by atoms with E-state index in [1.807, 2.05) is 19.1 Å². The first-order chi connectivity index (χ1) is 9.67. The van der Waals surface area contributed by atoms with E-state index in [4.69, 9.17) is 0 Å². The Bertz CT molecular complexity index is 677. The molecule has 5 heteroatoms. The summed E-state index contributed by atoms with van der Waals surface area (Å²) >= 11 is 0. The van der Waals surface area contributed by atoms with E-state index in [0.717, 1.165) is 49.5 Å². The van der Waals surface area contributed by atoms with Gasteiger partial charge in [-0.25, -0.2) is 9.50 Å². The van der Waals surface area contributed by atoms with Crippen molar-refractivity contribution in [2.45, 2.75) is 25.7 Å². The Morgan fingerprint density at radius 3 is 2.90 bits per heavy atom. The van der Waals surface area contributed by atoms with Crippen molar-refractivity contribution < 1.29 is 0 Å². The molecule has 1 saturated heterocycles. The molecule has 1 aliphatic rings. The summed E-state index contributed by atoms with van der Waals surface area (Å²) < 4.78 is 1.51. The SMILES string of the molecule is C=CCN1CCC(c2cc(=O)n3[nH]c(C)cc3n2)CC1. The first-order valence-electron chi connectivity index (χ1n) is 7.10. The first kappa shape index (κ1) is 13.1. The average Bonchev–Trinajstić information content (AvgIpc) is 2.81. The van der Waals surface area contributed by atoms with Crippen LogP contribution in [0.5, 0.6) is 0 Å². The van der Waals surface area contributed by atoms with Crippen LogP contribution in [0, 0.1) is 6.92 Å². The second-order valence-corrected chi connectivity index (χ2v) is 5.52. The van der Waals surface area contributed by atoms with Gasteiger partial charge in [0.1, 0.15) is 0 Å². The van der Waals surface area contributed by atoms with Gasteiger partial charge in [-0.1, -0.05) is 6.08 Å². The zero-order chi connectivity index (χ0) is 14.1. The van der Waals surface area contributed by atoms with E-state index in [1.54, 1.807) is 6.07 Å². The number of nitrogens with zero attached hydrogens (tertiary/aromatic N) is 3. The van der Waals surface area contributed by atoms with E-state index in [2.05, 4.69) is 21.6 Å². The van der Waals surface area contributed by atoms with E-state index < -0.39 is 0 Å². The molecule has 0 aliphatic carbocycles. The quantitative estimate of drug-likeness (QED) is 0.865. The summed E-state index contributed by atoms with van der Waals surface area (Å²) in [6.07, 6.45) is 4.05. The average molecular weight is 272 g/mol. The molecule has 0 unspecified atom stereocenters. The van der Waals surface area contributed by atoms with Crippen molar-refractivity contribution in [1.82, 2.24) is 19.5 Å².